The topological polar surface area (TPSA) is 117 Å². The van der Waals surface area contributed by atoms with Gasteiger partial charge in [0.1, 0.15) is 0 Å². The van der Waals surface area contributed by atoms with Crippen molar-refractivity contribution in [2.75, 3.05) is 28.7 Å². The maximum atomic E-state index is 13.6. The minimum atomic E-state index is -0.321. The molecule has 4 heterocycles. The zero-order chi connectivity index (χ0) is 27.4. The highest BCUT2D eigenvalue weighted by atomic mass is 16.5. The second-order valence-corrected chi connectivity index (χ2v) is 11.6. The number of nitrogens with one attached hydrogen (secondary N) is 2. The van der Waals surface area contributed by atoms with E-state index in [1.807, 2.05) is 26.1 Å². The molecule has 10 nitrogen and oxygen atoms in total. The molecule has 2 aromatic heterocycles. The lowest BCUT2D eigenvalue weighted by Gasteiger charge is -2.33. The van der Waals surface area contributed by atoms with Crippen LogP contribution in [-0.2, 0) is 7.05 Å². The summed E-state index contributed by atoms with van der Waals surface area (Å²) in [5, 5.41) is 21.1. The van der Waals surface area contributed by atoms with Gasteiger partial charge in [0, 0.05) is 36.6 Å². The highest BCUT2D eigenvalue weighted by Gasteiger charge is 2.36. The van der Waals surface area contributed by atoms with Gasteiger partial charge in [0.2, 0.25) is 11.8 Å². The number of anilines is 3. The molecule has 208 valence electrons. The Morgan fingerprint density at radius 1 is 1.12 bits per heavy atom. The van der Waals surface area contributed by atoms with Gasteiger partial charge in [0.05, 0.1) is 41.5 Å². The number of carbonyl (C=O) groups is 1. The number of aryl methyl sites for hydroxylation is 2. The standard InChI is InChI=1S/C30H35N7O3/c1-17-10-20-11-26(32-17)24-15-31-36(2)29(24)40-9-3-4-19(18-5-6-18)16-37-27-14-21(33-22-12-23(38)13-22)7-8-25(27)34-30(37)35-28(20)39/h7-8,10-11,14-15,18-19,22-23,33,38H,3-6,9,12-13,16H2,1-2H3,(H,34,35,39)/t19-,22-,23+/m1/s1. The summed E-state index contributed by atoms with van der Waals surface area (Å²) >= 11 is 0. The number of benzene rings is 1. The number of aliphatic hydroxyl groups excluding tert-OH is 1. The first kappa shape index (κ1) is 25.1. The molecule has 2 fully saturated rings. The Morgan fingerprint density at radius 3 is 2.77 bits per heavy atom. The van der Waals surface area contributed by atoms with E-state index in [2.05, 4.69) is 31.7 Å². The van der Waals surface area contributed by atoms with Gasteiger partial charge in [-0.05, 0) is 87.6 Å². The number of ether oxygens (including phenoxy) is 1. The normalized spacial score (nSPS) is 25.6. The monoisotopic (exact) mass is 541 g/mol. The van der Waals surface area contributed by atoms with E-state index < -0.39 is 0 Å². The summed E-state index contributed by atoms with van der Waals surface area (Å²) in [7, 11) is 1.86. The van der Waals surface area contributed by atoms with E-state index in [1.54, 1.807) is 23.0 Å². The van der Waals surface area contributed by atoms with Gasteiger partial charge in [0.25, 0.3) is 5.91 Å². The molecule has 0 spiro atoms. The summed E-state index contributed by atoms with van der Waals surface area (Å²) in [5.74, 6) is 2.03. The van der Waals surface area contributed by atoms with Crippen LogP contribution in [0.15, 0.2) is 41.5 Å². The van der Waals surface area contributed by atoms with Crippen molar-refractivity contribution in [3.05, 3.63) is 47.8 Å². The molecule has 1 aromatic carbocycles. The van der Waals surface area contributed by atoms with Crippen LogP contribution in [0.5, 0.6) is 5.88 Å². The van der Waals surface area contributed by atoms with Gasteiger partial charge in [-0.15, -0.1) is 0 Å². The molecular weight excluding hydrogens is 506 g/mol. The van der Waals surface area contributed by atoms with Gasteiger partial charge >= 0.3 is 0 Å². The van der Waals surface area contributed by atoms with E-state index in [0.717, 1.165) is 60.5 Å². The van der Waals surface area contributed by atoms with Crippen LogP contribution in [-0.4, -0.2) is 57.0 Å². The SMILES string of the molecule is Cc1cc2cc(n1)-c1cnn(C)c1OCCC[C@@H](C1CC1)CN1/C(=N/C2=O)Nc2ccc(N[C@H]3C[C@@H](O)C3)cc21. The molecule has 2 aliphatic carbocycles. The first-order chi connectivity index (χ1) is 19.4. The molecule has 2 saturated carbocycles. The van der Waals surface area contributed by atoms with Crippen LogP contribution in [0.25, 0.3) is 11.3 Å². The van der Waals surface area contributed by atoms with Crippen molar-refractivity contribution in [3.8, 4) is 17.1 Å². The molecule has 1 amide bonds. The maximum Gasteiger partial charge on any atom is 0.280 e. The van der Waals surface area contributed by atoms with E-state index in [1.165, 1.54) is 12.8 Å². The van der Waals surface area contributed by atoms with Crippen molar-refractivity contribution in [2.24, 2.45) is 23.9 Å². The van der Waals surface area contributed by atoms with Crippen LogP contribution < -0.4 is 20.3 Å². The molecule has 7 rings (SSSR count). The molecule has 4 aliphatic rings. The number of aliphatic imine (C=N–C) groups is 1. The second-order valence-electron chi connectivity index (χ2n) is 11.6. The number of aromatic nitrogens is 3. The molecular formula is C30H35N7O3. The number of hydrogen-bond acceptors (Lipinski definition) is 8. The largest absolute Gasteiger partial charge is 0.477 e. The maximum absolute atomic E-state index is 13.6. The Kier molecular flexibility index (Phi) is 6.22. The number of nitrogens with zero attached hydrogens (tertiary/aromatic N) is 5. The third-order valence-electron chi connectivity index (χ3n) is 8.51. The Hall–Kier alpha value is -3.92. The van der Waals surface area contributed by atoms with E-state index in [0.29, 0.717) is 41.5 Å². The summed E-state index contributed by atoms with van der Waals surface area (Å²) in [6.45, 7) is 3.24. The Bertz CT molecular complexity index is 1490. The zero-order valence-corrected chi connectivity index (χ0v) is 22.9. The average molecular weight is 542 g/mol. The van der Waals surface area contributed by atoms with Crippen molar-refractivity contribution in [3.63, 3.8) is 0 Å². The lowest BCUT2D eigenvalue weighted by atomic mass is 9.89. The number of carbonyl (C=O) groups excluding carboxylic acids is 1. The van der Waals surface area contributed by atoms with Crippen molar-refractivity contribution in [1.29, 1.82) is 0 Å². The number of amides is 1. The summed E-state index contributed by atoms with van der Waals surface area (Å²) in [6.07, 6.45) is 7.47. The number of aliphatic hydroxyl groups is 1. The molecule has 0 unspecified atom stereocenters. The quantitative estimate of drug-likeness (QED) is 0.448. The molecule has 0 radical (unpaired) electrons. The predicted molar refractivity (Wildman–Crippen MR) is 154 cm³/mol. The van der Waals surface area contributed by atoms with E-state index >= 15 is 0 Å². The lowest BCUT2D eigenvalue weighted by molar-refractivity contribution is 0.0836. The summed E-state index contributed by atoms with van der Waals surface area (Å²) in [5.41, 5.74) is 5.59. The number of fused-ring (bicyclic) bond motifs is 7. The lowest BCUT2D eigenvalue weighted by Crippen LogP contribution is -2.39. The third kappa shape index (κ3) is 4.81. The molecule has 0 saturated heterocycles. The fraction of sp³-hybridized carbons (Fsp3) is 0.467. The van der Waals surface area contributed by atoms with Gasteiger partial charge in [0.15, 0.2) is 0 Å². The molecule has 1 atom stereocenters. The van der Waals surface area contributed by atoms with Crippen molar-refractivity contribution in [1.82, 2.24) is 14.8 Å². The van der Waals surface area contributed by atoms with E-state index in [-0.39, 0.29) is 18.1 Å². The molecule has 2 aliphatic heterocycles. The van der Waals surface area contributed by atoms with Gasteiger partial charge in [-0.1, -0.05) is 0 Å². The molecule has 40 heavy (non-hydrogen) atoms. The van der Waals surface area contributed by atoms with Crippen molar-refractivity contribution in [2.45, 2.75) is 57.6 Å². The minimum absolute atomic E-state index is 0.212. The van der Waals surface area contributed by atoms with Crippen LogP contribution in [0.3, 0.4) is 0 Å². The zero-order valence-electron chi connectivity index (χ0n) is 22.9. The fourth-order valence-electron chi connectivity index (χ4n) is 6.12. The Morgan fingerprint density at radius 2 is 1.98 bits per heavy atom. The Labute approximate surface area is 233 Å². The Balaban J connectivity index is 1.27. The fourth-order valence-corrected chi connectivity index (χ4v) is 6.12. The highest BCUT2D eigenvalue weighted by Crippen LogP contribution is 2.43. The van der Waals surface area contributed by atoms with Gasteiger partial charge in [-0.3, -0.25) is 9.78 Å². The molecule has 2 bridgehead atoms. The molecule has 10 heteroatoms. The minimum Gasteiger partial charge on any atom is -0.477 e. The van der Waals surface area contributed by atoms with Gasteiger partial charge < -0.3 is 25.4 Å². The first-order valence-corrected chi connectivity index (χ1v) is 14.3. The van der Waals surface area contributed by atoms with Crippen LogP contribution in [0.1, 0.15) is 54.6 Å². The summed E-state index contributed by atoms with van der Waals surface area (Å²) in [4.78, 5) is 25.1. The smallest absolute Gasteiger partial charge is 0.280 e. The van der Waals surface area contributed by atoms with Crippen LogP contribution in [0, 0.1) is 18.8 Å². The number of rotatable bonds is 3. The van der Waals surface area contributed by atoms with E-state index in [4.69, 9.17) is 9.72 Å². The highest BCUT2D eigenvalue weighted by molar-refractivity contribution is 6.19. The third-order valence-corrected chi connectivity index (χ3v) is 8.51. The first-order valence-electron chi connectivity index (χ1n) is 14.3. The van der Waals surface area contributed by atoms with Gasteiger partial charge in [-0.25, -0.2) is 4.68 Å². The second kappa shape index (κ2) is 9.92. The number of guanidine groups is 1. The summed E-state index contributed by atoms with van der Waals surface area (Å²) in [6, 6.07) is 10.1. The van der Waals surface area contributed by atoms with E-state index in [9.17, 15) is 9.90 Å². The number of hydrogen-bond donors (Lipinski definition) is 3. The number of pyridine rings is 1. The average Bonchev–Trinajstić information content (AvgIpc) is 3.62. The predicted octanol–water partition coefficient (Wildman–Crippen LogP) is 4.35. The van der Waals surface area contributed by atoms with Crippen LogP contribution >= 0.6 is 0 Å². The van der Waals surface area contributed by atoms with Crippen molar-refractivity contribution < 1.29 is 14.6 Å². The molecule has 3 aromatic rings. The molecule has 3 N–H and O–H groups in total. The van der Waals surface area contributed by atoms with Gasteiger partial charge in [-0.2, -0.15) is 10.1 Å². The summed E-state index contributed by atoms with van der Waals surface area (Å²) < 4.78 is 7.99. The van der Waals surface area contributed by atoms with Crippen LogP contribution in [0.2, 0.25) is 0 Å². The van der Waals surface area contributed by atoms with Crippen molar-refractivity contribution >= 4 is 28.9 Å². The van der Waals surface area contributed by atoms with Crippen LogP contribution in [0.4, 0.5) is 17.1 Å².